The van der Waals surface area contributed by atoms with Crippen LogP contribution >= 0.6 is 0 Å². The number of carbonyl (C=O) groups is 2. The standard InChI is InChI=1S/C63H121NO5/c1-3-5-7-9-11-13-14-15-30-34-37-41-45-49-53-57-63(68)69-58-54-50-46-42-38-35-32-29-27-25-23-21-19-17-16-18-20-22-24-26-28-31-33-36-40-44-48-52-56-62(67)64-60(59-65)61(66)55-51-47-43-39-12-10-8-6-4-2/h15-17,30,60-61,65-66H,3-14,18-29,31-59H2,1-2H3,(H,64,67)/b17-16-,30-15-. The van der Waals surface area contributed by atoms with Crippen LogP contribution in [0.4, 0.5) is 0 Å². The van der Waals surface area contributed by atoms with E-state index in [2.05, 4.69) is 43.5 Å². The van der Waals surface area contributed by atoms with Gasteiger partial charge in [0.2, 0.25) is 5.91 Å². The molecule has 0 saturated carbocycles. The molecule has 0 saturated heterocycles. The average Bonchev–Trinajstić information content (AvgIpc) is 3.35. The molecule has 2 unspecified atom stereocenters. The van der Waals surface area contributed by atoms with Gasteiger partial charge < -0.3 is 20.3 Å². The minimum Gasteiger partial charge on any atom is -0.466 e. The zero-order chi connectivity index (χ0) is 50.0. The second-order valence-corrected chi connectivity index (χ2v) is 21.4. The summed E-state index contributed by atoms with van der Waals surface area (Å²) in [4.78, 5) is 24.5. The molecule has 0 spiro atoms. The average molecular weight is 973 g/mol. The van der Waals surface area contributed by atoms with E-state index in [9.17, 15) is 19.8 Å². The van der Waals surface area contributed by atoms with Gasteiger partial charge in [0, 0.05) is 12.8 Å². The maximum atomic E-state index is 12.4. The van der Waals surface area contributed by atoms with Gasteiger partial charge in [0.25, 0.3) is 0 Å². The molecule has 0 aromatic carbocycles. The quantitative estimate of drug-likeness (QED) is 0.0321. The number of aliphatic hydroxyl groups is 2. The molecule has 0 aromatic heterocycles. The number of ether oxygens (including phenoxy) is 1. The highest BCUT2D eigenvalue weighted by atomic mass is 16.5. The first-order valence-corrected chi connectivity index (χ1v) is 31.1. The number of nitrogens with one attached hydrogen (secondary N) is 1. The van der Waals surface area contributed by atoms with E-state index in [0.29, 0.717) is 25.9 Å². The summed E-state index contributed by atoms with van der Waals surface area (Å²) in [5, 5.41) is 23.1. The Morgan fingerprint density at radius 1 is 0.391 bits per heavy atom. The van der Waals surface area contributed by atoms with Gasteiger partial charge in [0.05, 0.1) is 25.4 Å². The maximum absolute atomic E-state index is 12.4. The molecule has 2 atom stereocenters. The molecule has 0 rings (SSSR count). The third-order valence-electron chi connectivity index (χ3n) is 14.5. The Labute approximate surface area is 431 Å². The highest BCUT2D eigenvalue weighted by Gasteiger charge is 2.20. The van der Waals surface area contributed by atoms with Crippen molar-refractivity contribution in [2.24, 2.45) is 0 Å². The Morgan fingerprint density at radius 3 is 1.03 bits per heavy atom. The summed E-state index contributed by atoms with van der Waals surface area (Å²) < 4.78 is 5.48. The van der Waals surface area contributed by atoms with Crippen LogP contribution in [0.1, 0.15) is 341 Å². The van der Waals surface area contributed by atoms with Crippen molar-refractivity contribution in [1.82, 2.24) is 5.32 Å². The molecule has 0 fully saturated rings. The number of hydrogen-bond acceptors (Lipinski definition) is 5. The van der Waals surface area contributed by atoms with E-state index in [0.717, 1.165) is 44.9 Å². The zero-order valence-electron chi connectivity index (χ0n) is 46.6. The van der Waals surface area contributed by atoms with Crippen LogP contribution < -0.4 is 5.32 Å². The van der Waals surface area contributed by atoms with Gasteiger partial charge in [-0.05, 0) is 77.0 Å². The van der Waals surface area contributed by atoms with Crippen molar-refractivity contribution >= 4 is 11.9 Å². The third kappa shape index (κ3) is 55.5. The SMILES string of the molecule is CCCCCCCC/C=C\CCCCCCCC(=O)OCCCCCCCCCCCCCC/C=C\CCCCCCCCCCCCCCC(=O)NC(CO)C(O)CCCCCCCCCCC. The lowest BCUT2D eigenvalue weighted by atomic mass is 10.0. The summed E-state index contributed by atoms with van der Waals surface area (Å²) in [6, 6.07) is -0.539. The van der Waals surface area contributed by atoms with Crippen molar-refractivity contribution in [3.05, 3.63) is 24.3 Å². The van der Waals surface area contributed by atoms with E-state index in [1.807, 2.05) is 0 Å². The molecule has 0 aliphatic carbocycles. The van der Waals surface area contributed by atoms with Crippen LogP contribution in [0.15, 0.2) is 24.3 Å². The summed E-state index contributed by atoms with van der Waals surface area (Å²) >= 11 is 0. The molecule has 0 radical (unpaired) electrons. The molecule has 0 aromatic rings. The van der Waals surface area contributed by atoms with Gasteiger partial charge in [-0.15, -0.1) is 0 Å². The number of unbranched alkanes of at least 4 members (excludes halogenated alkanes) is 43. The maximum Gasteiger partial charge on any atom is 0.305 e. The van der Waals surface area contributed by atoms with E-state index in [4.69, 9.17) is 4.74 Å². The van der Waals surface area contributed by atoms with Crippen molar-refractivity contribution in [3.63, 3.8) is 0 Å². The zero-order valence-corrected chi connectivity index (χ0v) is 46.6. The third-order valence-corrected chi connectivity index (χ3v) is 14.5. The number of rotatable bonds is 58. The first-order chi connectivity index (χ1) is 34.0. The monoisotopic (exact) mass is 972 g/mol. The Balaban J connectivity index is 3.34. The largest absolute Gasteiger partial charge is 0.466 e. The highest BCUT2D eigenvalue weighted by Crippen LogP contribution is 2.17. The Morgan fingerprint density at radius 2 is 0.681 bits per heavy atom. The summed E-state index contributed by atoms with van der Waals surface area (Å²) in [7, 11) is 0. The van der Waals surface area contributed by atoms with E-state index in [1.165, 1.54) is 263 Å². The van der Waals surface area contributed by atoms with Crippen molar-refractivity contribution in [3.8, 4) is 0 Å². The van der Waals surface area contributed by atoms with Gasteiger partial charge in [-0.3, -0.25) is 9.59 Å². The molecular formula is C63H121NO5. The molecule has 3 N–H and O–H groups in total. The minimum atomic E-state index is -0.661. The van der Waals surface area contributed by atoms with Gasteiger partial charge in [0.15, 0.2) is 0 Å². The van der Waals surface area contributed by atoms with Gasteiger partial charge >= 0.3 is 5.97 Å². The van der Waals surface area contributed by atoms with Crippen LogP contribution in [0.5, 0.6) is 0 Å². The Kier molecular flexibility index (Phi) is 57.5. The topological polar surface area (TPSA) is 95.9 Å². The number of allylic oxidation sites excluding steroid dienone is 4. The van der Waals surface area contributed by atoms with E-state index in [-0.39, 0.29) is 18.5 Å². The van der Waals surface area contributed by atoms with Gasteiger partial charge in [-0.25, -0.2) is 0 Å². The number of esters is 1. The molecule has 6 nitrogen and oxygen atoms in total. The molecule has 6 heteroatoms. The molecule has 408 valence electrons. The number of amides is 1. The summed E-state index contributed by atoms with van der Waals surface area (Å²) in [5.41, 5.74) is 0. The van der Waals surface area contributed by atoms with Crippen molar-refractivity contribution < 1.29 is 24.5 Å². The minimum absolute atomic E-state index is 0.00801. The number of hydrogen-bond donors (Lipinski definition) is 3. The van der Waals surface area contributed by atoms with Crippen LogP contribution in [0.25, 0.3) is 0 Å². The van der Waals surface area contributed by atoms with Crippen molar-refractivity contribution in [2.75, 3.05) is 13.2 Å². The lowest BCUT2D eigenvalue weighted by Crippen LogP contribution is -2.45. The fourth-order valence-electron chi connectivity index (χ4n) is 9.69. The van der Waals surface area contributed by atoms with Crippen molar-refractivity contribution in [1.29, 1.82) is 0 Å². The Bertz CT molecular complexity index is 1080. The summed E-state index contributed by atoms with van der Waals surface area (Å²) in [6.07, 6.45) is 72.1. The highest BCUT2D eigenvalue weighted by molar-refractivity contribution is 5.76. The molecule has 0 aliphatic heterocycles. The lowest BCUT2D eigenvalue weighted by Gasteiger charge is -2.22. The first kappa shape index (κ1) is 67.3. The first-order valence-electron chi connectivity index (χ1n) is 31.1. The normalized spacial score (nSPS) is 12.7. The summed E-state index contributed by atoms with van der Waals surface area (Å²) in [6.45, 7) is 4.94. The van der Waals surface area contributed by atoms with Crippen LogP contribution in [0, 0.1) is 0 Å². The van der Waals surface area contributed by atoms with Gasteiger partial charge in [-0.2, -0.15) is 0 Å². The molecular weight excluding hydrogens is 851 g/mol. The second kappa shape index (κ2) is 58.9. The number of aliphatic hydroxyl groups excluding tert-OH is 2. The van der Waals surface area contributed by atoms with Crippen LogP contribution in [-0.2, 0) is 14.3 Å². The van der Waals surface area contributed by atoms with E-state index < -0.39 is 12.1 Å². The van der Waals surface area contributed by atoms with Crippen LogP contribution in [0.2, 0.25) is 0 Å². The molecule has 1 amide bonds. The van der Waals surface area contributed by atoms with E-state index >= 15 is 0 Å². The van der Waals surface area contributed by atoms with Crippen LogP contribution in [-0.4, -0.2) is 47.4 Å². The summed E-state index contributed by atoms with van der Waals surface area (Å²) in [5.74, 6) is -0.0284. The van der Waals surface area contributed by atoms with Crippen LogP contribution in [0.3, 0.4) is 0 Å². The Hall–Kier alpha value is -1.66. The molecule has 0 bridgehead atoms. The van der Waals surface area contributed by atoms with Crippen molar-refractivity contribution in [2.45, 2.75) is 353 Å². The molecule has 0 aliphatic rings. The van der Waals surface area contributed by atoms with Gasteiger partial charge in [0.1, 0.15) is 0 Å². The number of carbonyl (C=O) groups excluding carboxylic acids is 2. The van der Waals surface area contributed by atoms with Gasteiger partial charge in [-0.1, -0.05) is 276 Å². The predicted molar refractivity (Wildman–Crippen MR) is 301 cm³/mol. The second-order valence-electron chi connectivity index (χ2n) is 21.4. The smallest absolute Gasteiger partial charge is 0.305 e. The molecule has 0 heterocycles. The van der Waals surface area contributed by atoms with E-state index in [1.54, 1.807) is 0 Å². The fraction of sp³-hybridized carbons (Fsp3) is 0.905. The lowest BCUT2D eigenvalue weighted by molar-refractivity contribution is -0.143. The predicted octanol–water partition coefficient (Wildman–Crippen LogP) is 19.4. The molecule has 69 heavy (non-hydrogen) atoms. The fourth-order valence-corrected chi connectivity index (χ4v) is 9.69.